The fourth-order valence-electron chi connectivity index (χ4n) is 3.76. The summed E-state index contributed by atoms with van der Waals surface area (Å²) in [7, 11) is 1.57. The van der Waals surface area contributed by atoms with Gasteiger partial charge in [-0.1, -0.05) is 11.6 Å². The summed E-state index contributed by atoms with van der Waals surface area (Å²) in [6.45, 7) is 5.31. The van der Waals surface area contributed by atoms with Gasteiger partial charge in [0, 0.05) is 51.2 Å². The van der Waals surface area contributed by atoms with Crippen LogP contribution in [0.2, 0.25) is 0 Å². The molecule has 2 aromatic rings. The molecular formula is C22H26ClN5O3. The lowest BCUT2D eigenvalue weighted by molar-refractivity contribution is 0.0814. The number of carbonyl (C=O) groups excluding carboxylic acids is 1. The highest BCUT2D eigenvalue weighted by molar-refractivity contribution is 6.30. The number of hydrogen-bond donors (Lipinski definition) is 0. The minimum absolute atomic E-state index is 0.159. The molecule has 0 spiro atoms. The molecule has 31 heavy (non-hydrogen) atoms. The molecule has 1 saturated heterocycles. The van der Waals surface area contributed by atoms with Gasteiger partial charge in [-0.05, 0) is 37.6 Å². The van der Waals surface area contributed by atoms with Crippen LogP contribution in [0.5, 0.6) is 11.5 Å². The molecule has 8 nitrogen and oxygen atoms in total. The van der Waals surface area contributed by atoms with Crippen LogP contribution in [0.15, 0.2) is 48.1 Å². The lowest BCUT2D eigenvalue weighted by Gasteiger charge is -2.34. The van der Waals surface area contributed by atoms with E-state index < -0.39 is 0 Å². The van der Waals surface area contributed by atoms with Crippen LogP contribution >= 0.6 is 11.6 Å². The highest BCUT2D eigenvalue weighted by Gasteiger charge is 2.26. The Morgan fingerprint density at radius 3 is 2.58 bits per heavy atom. The summed E-state index contributed by atoms with van der Waals surface area (Å²) in [5.41, 5.74) is 0.479. The molecule has 1 amide bonds. The van der Waals surface area contributed by atoms with Crippen molar-refractivity contribution in [2.45, 2.75) is 12.8 Å². The van der Waals surface area contributed by atoms with E-state index in [4.69, 9.17) is 21.1 Å². The van der Waals surface area contributed by atoms with Gasteiger partial charge in [-0.25, -0.2) is 9.97 Å². The van der Waals surface area contributed by atoms with E-state index in [1.807, 2.05) is 6.07 Å². The van der Waals surface area contributed by atoms with E-state index in [1.165, 1.54) is 6.26 Å². The molecule has 164 valence electrons. The SMILES string of the molecule is COc1ccc2c(c1)OC=C(Cl)N(CCCCN1CCN(c3ncccn3)CC1)C2=O. The number of hydrogen-bond acceptors (Lipinski definition) is 7. The normalized spacial score (nSPS) is 17.0. The molecule has 2 aliphatic heterocycles. The number of anilines is 1. The number of ether oxygens (including phenoxy) is 2. The molecular weight excluding hydrogens is 418 g/mol. The zero-order valence-electron chi connectivity index (χ0n) is 17.5. The number of benzene rings is 1. The van der Waals surface area contributed by atoms with Crippen molar-refractivity contribution in [2.24, 2.45) is 0 Å². The number of amides is 1. The van der Waals surface area contributed by atoms with E-state index >= 15 is 0 Å². The standard InChI is InChI=1S/C22H26ClN5O3/c1-30-17-5-6-18-19(15-17)31-16-20(23)28(21(18)29)10-3-2-9-26-11-13-27(14-12-26)22-24-7-4-8-25-22/h4-8,15-16H,2-3,9-14H2,1H3. The first-order valence-corrected chi connectivity index (χ1v) is 10.8. The summed E-state index contributed by atoms with van der Waals surface area (Å²) in [5.74, 6) is 1.71. The maximum absolute atomic E-state index is 13.0. The minimum Gasteiger partial charge on any atom is -0.497 e. The second-order valence-corrected chi connectivity index (χ2v) is 7.85. The average Bonchev–Trinajstić information content (AvgIpc) is 2.93. The molecule has 4 rings (SSSR count). The Hall–Kier alpha value is -2.84. The molecule has 0 atom stereocenters. The minimum atomic E-state index is -0.159. The number of piperazine rings is 1. The summed E-state index contributed by atoms with van der Waals surface area (Å²) in [6, 6.07) is 6.98. The van der Waals surface area contributed by atoms with Crippen molar-refractivity contribution in [3.63, 3.8) is 0 Å². The van der Waals surface area contributed by atoms with Gasteiger partial charge in [0.25, 0.3) is 5.91 Å². The molecule has 9 heteroatoms. The van der Waals surface area contributed by atoms with Crippen molar-refractivity contribution in [2.75, 3.05) is 51.3 Å². The zero-order valence-corrected chi connectivity index (χ0v) is 18.3. The highest BCUT2D eigenvalue weighted by Crippen LogP contribution is 2.31. The molecule has 0 saturated carbocycles. The van der Waals surface area contributed by atoms with E-state index in [2.05, 4.69) is 19.8 Å². The monoisotopic (exact) mass is 443 g/mol. The number of unbranched alkanes of at least 4 members (excludes halogenated alkanes) is 1. The first kappa shape index (κ1) is 21.4. The van der Waals surface area contributed by atoms with Crippen LogP contribution in [0, 0.1) is 0 Å². The van der Waals surface area contributed by atoms with Crippen LogP contribution in [0.3, 0.4) is 0 Å². The van der Waals surface area contributed by atoms with Gasteiger partial charge in [0.1, 0.15) is 22.9 Å². The zero-order chi connectivity index (χ0) is 21.6. The number of aromatic nitrogens is 2. The average molecular weight is 444 g/mol. The number of rotatable bonds is 7. The van der Waals surface area contributed by atoms with Crippen LogP contribution in [-0.2, 0) is 0 Å². The predicted molar refractivity (Wildman–Crippen MR) is 119 cm³/mol. The van der Waals surface area contributed by atoms with Gasteiger partial charge >= 0.3 is 0 Å². The van der Waals surface area contributed by atoms with Gasteiger partial charge in [0.15, 0.2) is 0 Å². The molecule has 0 unspecified atom stereocenters. The van der Waals surface area contributed by atoms with Crippen LogP contribution in [0.4, 0.5) is 5.95 Å². The van der Waals surface area contributed by atoms with E-state index in [1.54, 1.807) is 42.6 Å². The van der Waals surface area contributed by atoms with Crippen molar-refractivity contribution >= 4 is 23.5 Å². The lowest BCUT2D eigenvalue weighted by Crippen LogP contribution is -2.47. The van der Waals surface area contributed by atoms with E-state index in [-0.39, 0.29) is 11.1 Å². The highest BCUT2D eigenvalue weighted by atomic mass is 35.5. The van der Waals surface area contributed by atoms with Crippen molar-refractivity contribution in [1.82, 2.24) is 19.8 Å². The third-order valence-corrected chi connectivity index (χ3v) is 5.81. The number of methoxy groups -OCH3 is 1. The maximum Gasteiger partial charge on any atom is 0.262 e. The van der Waals surface area contributed by atoms with Gasteiger partial charge in [-0.15, -0.1) is 0 Å². The molecule has 0 N–H and O–H groups in total. The van der Waals surface area contributed by atoms with E-state index in [9.17, 15) is 4.79 Å². The van der Waals surface area contributed by atoms with Crippen molar-refractivity contribution in [1.29, 1.82) is 0 Å². The largest absolute Gasteiger partial charge is 0.497 e. The van der Waals surface area contributed by atoms with Gasteiger partial charge in [-0.2, -0.15) is 0 Å². The number of halogens is 1. The summed E-state index contributed by atoms with van der Waals surface area (Å²) >= 11 is 6.33. The van der Waals surface area contributed by atoms with Gasteiger partial charge in [0.05, 0.1) is 12.7 Å². The van der Waals surface area contributed by atoms with E-state index in [0.29, 0.717) is 23.6 Å². The second-order valence-electron chi connectivity index (χ2n) is 7.46. The number of nitrogens with zero attached hydrogens (tertiary/aromatic N) is 5. The molecule has 0 bridgehead atoms. The van der Waals surface area contributed by atoms with Crippen LogP contribution in [0.1, 0.15) is 23.2 Å². The Morgan fingerprint density at radius 2 is 1.84 bits per heavy atom. The van der Waals surface area contributed by atoms with E-state index in [0.717, 1.165) is 51.5 Å². The molecule has 1 fully saturated rings. The fourth-order valence-corrected chi connectivity index (χ4v) is 3.97. The predicted octanol–water partition coefficient (Wildman–Crippen LogP) is 2.96. The lowest BCUT2D eigenvalue weighted by atomic mass is 10.1. The topological polar surface area (TPSA) is 71.0 Å². The first-order valence-electron chi connectivity index (χ1n) is 10.4. The molecule has 3 heterocycles. The van der Waals surface area contributed by atoms with Gasteiger partial charge in [-0.3, -0.25) is 14.6 Å². The Kier molecular flexibility index (Phi) is 6.89. The summed E-state index contributed by atoms with van der Waals surface area (Å²) in [6.07, 6.45) is 6.79. The second kappa shape index (κ2) is 9.98. The maximum atomic E-state index is 13.0. The molecule has 1 aromatic heterocycles. The molecule has 1 aromatic carbocycles. The van der Waals surface area contributed by atoms with Crippen LogP contribution < -0.4 is 14.4 Å². The smallest absolute Gasteiger partial charge is 0.262 e. The number of fused-ring (bicyclic) bond motifs is 1. The molecule has 0 radical (unpaired) electrons. The Morgan fingerprint density at radius 1 is 1.10 bits per heavy atom. The van der Waals surface area contributed by atoms with Crippen LogP contribution in [0.25, 0.3) is 0 Å². The van der Waals surface area contributed by atoms with Crippen molar-refractivity contribution in [3.8, 4) is 11.5 Å². The molecule has 2 aliphatic rings. The number of carbonyl (C=O) groups is 1. The Bertz CT molecular complexity index is 932. The quantitative estimate of drug-likeness (QED) is 0.481. The fraction of sp³-hybridized carbons (Fsp3) is 0.409. The summed E-state index contributed by atoms with van der Waals surface area (Å²) in [5, 5.41) is 0.289. The van der Waals surface area contributed by atoms with Crippen LogP contribution in [-0.4, -0.2) is 72.1 Å². The Labute approximate surface area is 187 Å². The third kappa shape index (κ3) is 5.08. The van der Waals surface area contributed by atoms with Crippen molar-refractivity contribution in [3.05, 3.63) is 53.6 Å². The van der Waals surface area contributed by atoms with Crippen molar-refractivity contribution < 1.29 is 14.3 Å². The first-order chi connectivity index (χ1) is 15.2. The summed E-state index contributed by atoms with van der Waals surface area (Å²) < 4.78 is 10.8. The third-order valence-electron chi connectivity index (χ3n) is 5.52. The van der Waals surface area contributed by atoms with Gasteiger partial charge < -0.3 is 14.4 Å². The Balaban J connectivity index is 1.25. The van der Waals surface area contributed by atoms with Gasteiger partial charge in [0.2, 0.25) is 5.95 Å². The summed E-state index contributed by atoms with van der Waals surface area (Å²) in [4.78, 5) is 27.8. The molecule has 0 aliphatic carbocycles.